The second-order valence-corrected chi connectivity index (χ2v) is 17.4. The minimum absolute atomic E-state index is 0.0501. The number of Topliss-reactive ketones (excluding diaryl/α,β-unsaturated/α-hetero) is 1. The zero-order valence-corrected chi connectivity index (χ0v) is 32.1. The smallest absolute Gasteiger partial charge is 0.408 e. The number of hydrogen-bond donors (Lipinski definition) is 2. The van der Waals surface area contributed by atoms with Crippen LogP contribution >= 0.6 is 6.89 Å². The number of alkyl carbamates (subject to hydrolysis) is 1. The summed E-state index contributed by atoms with van der Waals surface area (Å²) in [6.45, 7) is 6.62. The van der Waals surface area contributed by atoms with E-state index in [4.69, 9.17) is 9.47 Å². The van der Waals surface area contributed by atoms with Gasteiger partial charge in [0.2, 0.25) is 11.8 Å². The first kappa shape index (κ1) is 40.6. The fourth-order valence-corrected chi connectivity index (χ4v) is 10.7. The quantitative estimate of drug-likeness (QED) is 0.195. The number of carbonyl (C=O) groups is 5. The minimum atomic E-state index is -3.08. The van der Waals surface area contributed by atoms with Gasteiger partial charge >= 0.3 is 12.1 Å². The van der Waals surface area contributed by atoms with Gasteiger partial charge in [0.15, 0.2) is 5.78 Å². The van der Waals surface area contributed by atoms with Crippen LogP contribution in [0.25, 0.3) is 0 Å². The first-order chi connectivity index (χ1) is 25.2. The number of amides is 3. The molecule has 1 aliphatic heterocycles. The maximum Gasteiger partial charge on any atom is 0.408 e. The van der Waals surface area contributed by atoms with Crippen molar-refractivity contribution in [2.75, 3.05) is 13.2 Å². The van der Waals surface area contributed by atoms with Crippen LogP contribution < -0.4 is 26.5 Å². The van der Waals surface area contributed by atoms with Gasteiger partial charge in [-0.15, -0.1) is 0 Å². The number of ketones is 1. The Balaban J connectivity index is 1.78. The molecule has 1 fully saturated rings. The van der Waals surface area contributed by atoms with Crippen molar-refractivity contribution >= 4 is 57.8 Å². The van der Waals surface area contributed by atoms with Crippen molar-refractivity contribution in [3.63, 3.8) is 0 Å². The van der Waals surface area contributed by atoms with E-state index in [1.807, 2.05) is 105 Å². The van der Waals surface area contributed by atoms with Gasteiger partial charge in [-0.25, -0.2) is 4.79 Å². The van der Waals surface area contributed by atoms with E-state index < -0.39 is 66.9 Å². The number of likely N-dealkylation sites (tertiary alicyclic amines) is 1. The third-order valence-electron chi connectivity index (χ3n) is 9.18. The zero-order valence-electron chi connectivity index (χ0n) is 31.2. The molecule has 0 aliphatic carbocycles. The highest BCUT2D eigenvalue weighted by atomic mass is 31.2. The van der Waals surface area contributed by atoms with E-state index in [0.29, 0.717) is 19.3 Å². The van der Waals surface area contributed by atoms with Crippen LogP contribution in [0.3, 0.4) is 0 Å². The van der Waals surface area contributed by atoms with Crippen molar-refractivity contribution in [2.45, 2.75) is 84.5 Å². The minimum Gasteiger partial charge on any atom is -0.463 e. The van der Waals surface area contributed by atoms with Crippen LogP contribution in [0.1, 0.15) is 60.8 Å². The van der Waals surface area contributed by atoms with Crippen LogP contribution in [0.5, 0.6) is 0 Å². The lowest BCUT2D eigenvalue weighted by molar-refractivity contribution is -0.147. The van der Waals surface area contributed by atoms with Crippen molar-refractivity contribution in [1.29, 1.82) is 5.26 Å². The van der Waals surface area contributed by atoms with E-state index in [0.717, 1.165) is 15.9 Å². The van der Waals surface area contributed by atoms with Gasteiger partial charge in [-0.3, -0.25) is 19.2 Å². The van der Waals surface area contributed by atoms with E-state index in [1.165, 1.54) is 11.8 Å². The van der Waals surface area contributed by atoms with Gasteiger partial charge in [-0.1, -0.05) is 111 Å². The van der Waals surface area contributed by atoms with E-state index in [9.17, 15) is 24.4 Å². The second kappa shape index (κ2) is 18.0. The zero-order chi connectivity index (χ0) is 38.8. The molecule has 1 heterocycles. The predicted molar refractivity (Wildman–Crippen MR) is 207 cm³/mol. The first-order valence-electron chi connectivity index (χ1n) is 17.9. The highest BCUT2D eigenvalue weighted by molar-refractivity contribution is 7.97. The molecule has 53 heavy (non-hydrogen) atoms. The molecular formula is C41H49N4O7P. The van der Waals surface area contributed by atoms with Crippen LogP contribution in [0.4, 0.5) is 4.79 Å². The van der Waals surface area contributed by atoms with E-state index in [1.54, 1.807) is 20.8 Å². The molecule has 280 valence electrons. The summed E-state index contributed by atoms with van der Waals surface area (Å²) in [6.07, 6.45) is 0.418. The number of carbonyl (C=O) groups excluding carboxylic acids is 5. The summed E-state index contributed by atoms with van der Waals surface area (Å²) in [4.78, 5) is 68.9. The van der Waals surface area contributed by atoms with Gasteiger partial charge in [0.1, 0.15) is 35.7 Å². The molecule has 12 heteroatoms. The summed E-state index contributed by atoms with van der Waals surface area (Å²) in [5.41, 5.74) is -0.854. The normalized spacial score (nSPS) is 15.9. The number of rotatable bonds is 13. The molecule has 0 aromatic heterocycles. The molecular weight excluding hydrogens is 691 g/mol. The number of hydrogen-bond acceptors (Lipinski definition) is 8. The van der Waals surface area contributed by atoms with Crippen LogP contribution in [0.2, 0.25) is 0 Å². The number of esters is 1. The molecule has 4 atom stereocenters. The van der Waals surface area contributed by atoms with Gasteiger partial charge in [0.25, 0.3) is 0 Å². The molecule has 11 nitrogen and oxygen atoms in total. The monoisotopic (exact) mass is 740 g/mol. The molecule has 0 unspecified atom stereocenters. The number of nitrogens with one attached hydrogen (secondary N) is 2. The Bertz CT molecular complexity index is 1770. The van der Waals surface area contributed by atoms with Crippen LogP contribution in [0.15, 0.2) is 91.0 Å². The van der Waals surface area contributed by atoms with Gasteiger partial charge in [-0.05, 0) is 62.3 Å². The fourth-order valence-electron chi connectivity index (χ4n) is 6.51. The molecule has 3 amide bonds. The Hall–Kier alpha value is -5.20. The van der Waals surface area contributed by atoms with Gasteiger partial charge in [0.05, 0.1) is 6.04 Å². The van der Waals surface area contributed by atoms with Gasteiger partial charge < -0.3 is 25.0 Å². The number of nitriles is 1. The highest BCUT2D eigenvalue weighted by Crippen LogP contribution is 2.46. The molecule has 4 rings (SSSR count). The Labute approximate surface area is 312 Å². The average molecular weight is 741 g/mol. The molecule has 0 bridgehead atoms. The molecule has 0 spiro atoms. The van der Waals surface area contributed by atoms with Crippen molar-refractivity contribution in [3.05, 3.63) is 91.0 Å². The lowest BCUT2D eigenvalue weighted by atomic mass is 9.93. The summed E-state index contributed by atoms with van der Waals surface area (Å²) in [5, 5.41) is 19.0. The Kier molecular flexibility index (Phi) is 13.8. The predicted octanol–water partition coefficient (Wildman–Crippen LogP) is 4.22. The molecule has 2 N–H and O–H groups in total. The maximum absolute atomic E-state index is 15.1. The third-order valence-corrected chi connectivity index (χ3v) is 13.4. The maximum atomic E-state index is 15.1. The van der Waals surface area contributed by atoms with Gasteiger partial charge in [0, 0.05) is 13.5 Å². The summed E-state index contributed by atoms with van der Waals surface area (Å²) in [5.74, 6) is -2.71. The topological polar surface area (TPSA) is 155 Å². The Morgan fingerprint density at radius 1 is 0.887 bits per heavy atom. The fraction of sp³-hybridized carbons (Fsp3) is 0.390. The van der Waals surface area contributed by atoms with E-state index in [2.05, 4.69) is 16.7 Å². The van der Waals surface area contributed by atoms with Crippen molar-refractivity contribution in [3.8, 4) is 6.07 Å². The van der Waals surface area contributed by atoms with Crippen molar-refractivity contribution < 1.29 is 33.4 Å². The van der Waals surface area contributed by atoms with Crippen molar-refractivity contribution in [1.82, 2.24) is 15.5 Å². The second-order valence-electron chi connectivity index (χ2n) is 14.1. The van der Waals surface area contributed by atoms with E-state index in [-0.39, 0.29) is 17.8 Å². The molecule has 3 aromatic rings. The summed E-state index contributed by atoms with van der Waals surface area (Å²) < 4.78 is 10.4. The molecule has 0 saturated carbocycles. The number of benzene rings is 3. The summed E-state index contributed by atoms with van der Waals surface area (Å²) >= 11 is 0. The summed E-state index contributed by atoms with van der Waals surface area (Å²) in [7, 11) is 0. The molecule has 1 saturated heterocycles. The van der Waals surface area contributed by atoms with Gasteiger partial charge in [-0.2, -0.15) is 5.26 Å². The SMILES string of the molecule is CC[C@H](C)[C@H](NC(=O)[C@@H]1CCCN1C(=O)[C@H](COC(C)=O)NC(=O)OC(C)(C)C)C(=O)C(C#N)=P(c1ccccc1)(c1ccccc1)c1ccccc1. The number of ether oxygens (including phenoxy) is 2. The van der Waals surface area contributed by atoms with E-state index >= 15 is 4.79 Å². The molecule has 3 aromatic carbocycles. The largest absolute Gasteiger partial charge is 0.463 e. The first-order valence-corrected chi connectivity index (χ1v) is 19.6. The lowest BCUT2D eigenvalue weighted by Gasteiger charge is -2.33. The Morgan fingerprint density at radius 2 is 1.40 bits per heavy atom. The molecule has 0 radical (unpaired) electrons. The van der Waals surface area contributed by atoms with Crippen LogP contribution in [-0.2, 0) is 28.7 Å². The van der Waals surface area contributed by atoms with Crippen molar-refractivity contribution in [2.24, 2.45) is 5.92 Å². The summed E-state index contributed by atoms with van der Waals surface area (Å²) in [6, 6.07) is 27.6. The van der Waals surface area contributed by atoms with Crippen LogP contribution in [0, 0.1) is 17.2 Å². The lowest BCUT2D eigenvalue weighted by Crippen LogP contribution is -2.58. The average Bonchev–Trinajstić information content (AvgIpc) is 3.64. The number of nitrogens with zero attached hydrogens (tertiary/aromatic N) is 2. The highest BCUT2D eigenvalue weighted by Gasteiger charge is 2.42. The molecule has 1 aliphatic rings. The third kappa shape index (κ3) is 9.62. The van der Waals surface area contributed by atoms with Crippen LogP contribution in [-0.4, -0.2) is 76.7 Å². The standard InChI is InChI=1S/C41H49N4O7P/c1-7-28(2)36(44-38(48)34-24-17-25-45(34)39(49)33(27-51-29(3)46)43-40(50)52-41(4,5)6)37(47)35(26-42)53(30-18-11-8-12-19-30,31-20-13-9-14-21-31)32-22-15-10-16-23-32/h8-16,18-23,28,33-34,36H,7,17,24-25,27H2,1-6H3,(H,43,50)(H,44,48)/t28-,33-,34-,36-/m0/s1. The Morgan fingerprint density at radius 3 is 1.83 bits per heavy atom.